The second-order valence-corrected chi connectivity index (χ2v) is 8.77. The lowest BCUT2D eigenvalue weighted by Gasteiger charge is -2.35. The molecule has 0 bridgehead atoms. The van der Waals surface area contributed by atoms with Gasteiger partial charge in [-0.2, -0.15) is 0 Å². The van der Waals surface area contributed by atoms with Crippen LogP contribution in [0.1, 0.15) is 33.5 Å². The lowest BCUT2D eigenvalue weighted by atomic mass is 9.85. The average molecular weight is 390 g/mol. The molecule has 7 heteroatoms. The number of benzene rings is 1. The molecule has 1 aromatic carbocycles. The van der Waals surface area contributed by atoms with Crippen molar-refractivity contribution in [3.05, 3.63) is 36.1 Å². The van der Waals surface area contributed by atoms with E-state index in [2.05, 4.69) is 0 Å². The summed E-state index contributed by atoms with van der Waals surface area (Å²) in [6.45, 7) is 7.63. The van der Waals surface area contributed by atoms with E-state index >= 15 is 0 Å². The molecule has 5 rings (SSSR count). The largest absolute Gasteiger partial charge is 0.461 e. The van der Waals surface area contributed by atoms with Gasteiger partial charge in [0.15, 0.2) is 17.9 Å². The molecule has 2 aromatic rings. The van der Waals surface area contributed by atoms with Crippen molar-refractivity contribution in [2.75, 3.05) is 6.61 Å². The molecule has 4 heterocycles. The van der Waals surface area contributed by atoms with Crippen molar-refractivity contribution in [3.8, 4) is 0 Å². The van der Waals surface area contributed by atoms with Gasteiger partial charge in [-0.05, 0) is 39.8 Å². The number of hydrogen-bond acceptors (Lipinski definition) is 7. The van der Waals surface area contributed by atoms with Crippen LogP contribution in [0.5, 0.6) is 0 Å². The van der Waals surface area contributed by atoms with Gasteiger partial charge in [0.1, 0.15) is 35.3 Å². The maximum atomic E-state index is 11.8. The molecule has 3 aliphatic heterocycles. The summed E-state index contributed by atoms with van der Waals surface area (Å²) in [7, 11) is 0. The number of para-hydroxylation sites is 1. The first-order valence-electron chi connectivity index (χ1n) is 9.68. The Hall–Kier alpha value is -1.48. The molecule has 0 aliphatic carbocycles. The zero-order valence-electron chi connectivity index (χ0n) is 16.5. The highest BCUT2D eigenvalue weighted by Crippen LogP contribution is 2.47. The fourth-order valence-corrected chi connectivity index (χ4v) is 4.47. The summed E-state index contributed by atoms with van der Waals surface area (Å²) in [4.78, 5) is 0. The monoisotopic (exact) mass is 390 g/mol. The predicted molar refractivity (Wildman–Crippen MR) is 98.5 cm³/mol. The smallest absolute Gasteiger partial charge is 0.190 e. The molecule has 152 valence electrons. The van der Waals surface area contributed by atoms with E-state index in [0.717, 1.165) is 11.0 Å². The third-order valence-corrected chi connectivity index (χ3v) is 5.63. The minimum absolute atomic E-state index is 0.216. The van der Waals surface area contributed by atoms with Crippen molar-refractivity contribution in [2.24, 2.45) is 0 Å². The molecule has 0 saturated carbocycles. The average Bonchev–Trinajstić information content (AvgIpc) is 3.30. The van der Waals surface area contributed by atoms with Gasteiger partial charge in [0.25, 0.3) is 0 Å². The topological polar surface area (TPSA) is 79.5 Å². The van der Waals surface area contributed by atoms with Crippen LogP contribution >= 0.6 is 0 Å². The van der Waals surface area contributed by atoms with Crippen LogP contribution in [0.3, 0.4) is 0 Å². The summed E-state index contributed by atoms with van der Waals surface area (Å²) < 4.78 is 35.7. The quantitative estimate of drug-likeness (QED) is 0.863. The van der Waals surface area contributed by atoms with Gasteiger partial charge in [-0.1, -0.05) is 18.2 Å². The molecule has 0 spiro atoms. The van der Waals surface area contributed by atoms with Gasteiger partial charge in [0.05, 0.1) is 6.61 Å². The van der Waals surface area contributed by atoms with Crippen LogP contribution in [0.4, 0.5) is 0 Å². The molecular weight excluding hydrogens is 364 g/mol. The van der Waals surface area contributed by atoms with Gasteiger partial charge < -0.3 is 33.2 Å². The molecule has 28 heavy (non-hydrogen) atoms. The van der Waals surface area contributed by atoms with Gasteiger partial charge in [-0.25, -0.2) is 0 Å². The molecule has 0 radical (unpaired) electrons. The first-order chi connectivity index (χ1) is 13.2. The lowest BCUT2D eigenvalue weighted by Crippen LogP contribution is -2.55. The van der Waals surface area contributed by atoms with E-state index < -0.39 is 41.8 Å². The standard InChI is InChI=1S/C21H26O7/c1-19(2)23-11-15(26-19)16-21(22,17-18(25-16)28-20(3,4)27-17)10-13-9-12-7-5-6-8-14(12)24-13/h5-9,15-18,22H,10-11H2,1-4H3/t15-,16-,17+,18-,21-/m1/s1. The van der Waals surface area contributed by atoms with Gasteiger partial charge in [-0.15, -0.1) is 0 Å². The fourth-order valence-electron chi connectivity index (χ4n) is 4.47. The Bertz CT molecular complexity index is 855. The Morgan fingerprint density at radius 1 is 1.00 bits per heavy atom. The summed E-state index contributed by atoms with van der Waals surface area (Å²) in [6, 6.07) is 9.70. The molecule has 3 aliphatic rings. The minimum atomic E-state index is -1.39. The maximum Gasteiger partial charge on any atom is 0.190 e. The highest BCUT2D eigenvalue weighted by Gasteiger charge is 2.66. The first kappa shape index (κ1) is 18.5. The molecule has 0 amide bonds. The summed E-state index contributed by atoms with van der Waals surface area (Å²) >= 11 is 0. The summed E-state index contributed by atoms with van der Waals surface area (Å²) in [5, 5.41) is 12.8. The second kappa shape index (κ2) is 6.01. The van der Waals surface area contributed by atoms with Crippen LogP contribution in [0.15, 0.2) is 34.7 Å². The van der Waals surface area contributed by atoms with Crippen LogP contribution in [0, 0.1) is 0 Å². The third-order valence-electron chi connectivity index (χ3n) is 5.63. The molecule has 3 fully saturated rings. The zero-order chi connectivity index (χ0) is 19.7. The Morgan fingerprint density at radius 2 is 1.79 bits per heavy atom. The predicted octanol–water partition coefficient (Wildman–Crippen LogP) is 2.73. The Balaban J connectivity index is 1.49. The normalized spacial score (nSPS) is 38.9. The highest BCUT2D eigenvalue weighted by molar-refractivity contribution is 5.77. The van der Waals surface area contributed by atoms with E-state index in [4.69, 9.17) is 28.1 Å². The number of furan rings is 1. The van der Waals surface area contributed by atoms with Crippen LogP contribution in [0.2, 0.25) is 0 Å². The van der Waals surface area contributed by atoms with Crippen molar-refractivity contribution >= 4 is 11.0 Å². The van der Waals surface area contributed by atoms with Gasteiger partial charge in [0.2, 0.25) is 0 Å². The van der Waals surface area contributed by atoms with Crippen molar-refractivity contribution in [1.82, 2.24) is 0 Å². The number of ether oxygens (including phenoxy) is 5. The molecule has 3 saturated heterocycles. The molecule has 1 N–H and O–H groups in total. The van der Waals surface area contributed by atoms with E-state index in [9.17, 15) is 5.11 Å². The first-order valence-corrected chi connectivity index (χ1v) is 9.68. The van der Waals surface area contributed by atoms with Gasteiger partial charge in [-0.3, -0.25) is 0 Å². The number of hydrogen-bond donors (Lipinski definition) is 1. The van der Waals surface area contributed by atoms with Gasteiger partial charge in [0, 0.05) is 11.8 Å². The number of aliphatic hydroxyl groups is 1. The maximum absolute atomic E-state index is 11.8. The van der Waals surface area contributed by atoms with E-state index in [1.54, 1.807) is 0 Å². The highest BCUT2D eigenvalue weighted by atomic mass is 16.8. The summed E-state index contributed by atoms with van der Waals surface area (Å²) in [5.41, 5.74) is -0.612. The van der Waals surface area contributed by atoms with Crippen molar-refractivity contribution in [1.29, 1.82) is 0 Å². The second-order valence-electron chi connectivity index (χ2n) is 8.77. The fraction of sp³-hybridized carbons (Fsp3) is 0.619. The van der Waals surface area contributed by atoms with E-state index in [1.165, 1.54) is 0 Å². The van der Waals surface area contributed by atoms with Gasteiger partial charge >= 0.3 is 0 Å². The van der Waals surface area contributed by atoms with E-state index in [0.29, 0.717) is 12.4 Å². The minimum Gasteiger partial charge on any atom is -0.461 e. The summed E-state index contributed by atoms with van der Waals surface area (Å²) in [6.07, 6.45) is -2.23. The molecule has 7 nitrogen and oxygen atoms in total. The molecular formula is C21H26O7. The van der Waals surface area contributed by atoms with Crippen LogP contribution in [0.25, 0.3) is 11.0 Å². The van der Waals surface area contributed by atoms with E-state index in [-0.39, 0.29) is 6.42 Å². The van der Waals surface area contributed by atoms with Crippen LogP contribution < -0.4 is 0 Å². The molecule has 5 atom stereocenters. The number of rotatable bonds is 3. The van der Waals surface area contributed by atoms with Crippen molar-refractivity contribution in [2.45, 2.75) is 75.9 Å². The van der Waals surface area contributed by atoms with Crippen LogP contribution in [-0.4, -0.2) is 53.5 Å². The lowest BCUT2D eigenvalue weighted by molar-refractivity contribution is -0.248. The molecule has 0 unspecified atom stereocenters. The van der Waals surface area contributed by atoms with Crippen molar-refractivity contribution in [3.63, 3.8) is 0 Å². The number of fused-ring (bicyclic) bond motifs is 2. The van der Waals surface area contributed by atoms with Crippen molar-refractivity contribution < 1.29 is 33.2 Å². The Kier molecular flexibility index (Phi) is 3.98. The molecule has 1 aromatic heterocycles. The SMILES string of the molecule is CC1(C)OC[C@H]([C@H]2O[C@@H]3OC(C)(C)O[C@@H]3[C@@]2(O)Cc2cc3ccccc3o2)O1. The Labute approximate surface area is 163 Å². The summed E-state index contributed by atoms with van der Waals surface area (Å²) in [5.74, 6) is -0.911. The zero-order valence-corrected chi connectivity index (χ0v) is 16.5. The Morgan fingerprint density at radius 3 is 2.50 bits per heavy atom. The third kappa shape index (κ3) is 2.98. The van der Waals surface area contributed by atoms with E-state index in [1.807, 2.05) is 58.0 Å². The van der Waals surface area contributed by atoms with Crippen LogP contribution in [-0.2, 0) is 30.1 Å².